The highest BCUT2D eigenvalue weighted by molar-refractivity contribution is 6.05. The molecule has 0 unspecified atom stereocenters. The number of rotatable bonds is 5. The molecule has 1 aliphatic rings. The van der Waals surface area contributed by atoms with E-state index >= 15 is 0 Å². The zero-order valence-corrected chi connectivity index (χ0v) is 14.0. The van der Waals surface area contributed by atoms with Gasteiger partial charge in [0.15, 0.2) is 0 Å². The second-order valence-electron chi connectivity index (χ2n) is 7.16. The van der Waals surface area contributed by atoms with Gasteiger partial charge in [0, 0.05) is 0 Å². The molecule has 1 saturated heterocycles. The molecule has 6 nitrogen and oxygen atoms in total. The maximum absolute atomic E-state index is 13.1. The van der Waals surface area contributed by atoms with Gasteiger partial charge in [-0.1, -0.05) is 32.9 Å². The second-order valence-corrected chi connectivity index (χ2v) is 7.16. The van der Waals surface area contributed by atoms with E-state index in [0.29, 0.717) is 6.42 Å². The van der Waals surface area contributed by atoms with Crippen LogP contribution in [0.3, 0.4) is 0 Å². The fourth-order valence-electron chi connectivity index (χ4n) is 2.60. The Hall–Kier alpha value is -2.44. The minimum absolute atomic E-state index is 0.0642. The molecule has 0 spiro atoms. The number of imide groups is 1. The van der Waals surface area contributed by atoms with E-state index in [1.165, 1.54) is 12.1 Å². The third-order valence-corrected chi connectivity index (χ3v) is 3.67. The normalized spacial score (nSPS) is 18.8. The summed E-state index contributed by atoms with van der Waals surface area (Å²) in [6.07, 6.45) is 0.507. The summed E-state index contributed by atoms with van der Waals surface area (Å²) < 4.78 is 13.1. The molecule has 0 aromatic heterocycles. The van der Waals surface area contributed by atoms with Crippen LogP contribution in [0.1, 0.15) is 45.2 Å². The van der Waals surface area contributed by atoms with Crippen molar-refractivity contribution in [1.82, 2.24) is 16.0 Å². The van der Waals surface area contributed by atoms with E-state index in [9.17, 15) is 18.8 Å². The van der Waals surface area contributed by atoms with E-state index in [2.05, 4.69) is 16.0 Å². The van der Waals surface area contributed by atoms with Gasteiger partial charge in [0.2, 0.25) is 5.91 Å². The standard InChI is InChI=1S/C17H22FN3O3/c1-17(2,3)9-13(10-4-6-11(18)7-5-10)19-14(22)8-12-15(23)21-16(24)20-12/h4-7,12-13H,8-9H2,1-3H3,(H,19,22)(H2,20,21,23,24)/t12-,13+/m0/s1. The number of carbonyl (C=O) groups is 3. The van der Waals surface area contributed by atoms with Gasteiger partial charge in [0.05, 0.1) is 12.5 Å². The fourth-order valence-corrected chi connectivity index (χ4v) is 2.60. The van der Waals surface area contributed by atoms with E-state index in [1.807, 2.05) is 20.8 Å². The van der Waals surface area contributed by atoms with Crippen molar-refractivity contribution < 1.29 is 18.8 Å². The Bertz CT molecular complexity index is 637. The van der Waals surface area contributed by atoms with Gasteiger partial charge in [-0.2, -0.15) is 0 Å². The smallest absolute Gasteiger partial charge is 0.322 e. The number of hydrogen-bond donors (Lipinski definition) is 3. The number of halogens is 1. The highest BCUT2D eigenvalue weighted by atomic mass is 19.1. The van der Waals surface area contributed by atoms with Crippen molar-refractivity contribution >= 4 is 17.8 Å². The van der Waals surface area contributed by atoms with Gasteiger partial charge >= 0.3 is 6.03 Å². The SMILES string of the molecule is CC(C)(C)C[C@@H](NC(=O)C[C@@H]1NC(=O)NC1=O)c1ccc(F)cc1. The summed E-state index contributed by atoms with van der Waals surface area (Å²) in [4.78, 5) is 34.9. The lowest BCUT2D eigenvalue weighted by atomic mass is 9.85. The van der Waals surface area contributed by atoms with Crippen LogP contribution in [0.2, 0.25) is 0 Å². The van der Waals surface area contributed by atoms with E-state index in [0.717, 1.165) is 5.56 Å². The van der Waals surface area contributed by atoms with Crippen LogP contribution in [0, 0.1) is 11.2 Å². The second kappa shape index (κ2) is 6.98. The molecule has 24 heavy (non-hydrogen) atoms. The van der Waals surface area contributed by atoms with Crippen LogP contribution in [0.25, 0.3) is 0 Å². The van der Waals surface area contributed by atoms with Crippen molar-refractivity contribution in [2.24, 2.45) is 5.41 Å². The Morgan fingerprint density at radius 3 is 2.38 bits per heavy atom. The van der Waals surface area contributed by atoms with Crippen LogP contribution < -0.4 is 16.0 Å². The summed E-state index contributed by atoms with van der Waals surface area (Å²) >= 11 is 0. The number of hydrogen-bond acceptors (Lipinski definition) is 3. The molecule has 2 atom stereocenters. The number of carbonyl (C=O) groups excluding carboxylic acids is 3. The molecule has 1 aromatic carbocycles. The molecular formula is C17H22FN3O3. The van der Waals surface area contributed by atoms with E-state index in [1.54, 1.807) is 12.1 Å². The number of nitrogens with one attached hydrogen (secondary N) is 3. The Kier molecular flexibility index (Phi) is 5.21. The molecule has 1 fully saturated rings. The maximum atomic E-state index is 13.1. The molecule has 1 heterocycles. The minimum atomic E-state index is -0.860. The first-order valence-electron chi connectivity index (χ1n) is 7.80. The molecule has 4 amide bonds. The lowest BCUT2D eigenvalue weighted by Gasteiger charge is -2.27. The molecule has 0 saturated carbocycles. The van der Waals surface area contributed by atoms with Crippen LogP contribution in [0.15, 0.2) is 24.3 Å². The van der Waals surface area contributed by atoms with Crippen LogP contribution in [0.5, 0.6) is 0 Å². The Balaban J connectivity index is 2.07. The van der Waals surface area contributed by atoms with Crippen molar-refractivity contribution in [3.8, 4) is 0 Å². The largest absolute Gasteiger partial charge is 0.349 e. The fraction of sp³-hybridized carbons (Fsp3) is 0.471. The van der Waals surface area contributed by atoms with E-state index < -0.39 is 18.0 Å². The Morgan fingerprint density at radius 1 is 1.25 bits per heavy atom. The van der Waals surface area contributed by atoms with Gasteiger partial charge in [-0.15, -0.1) is 0 Å². The lowest BCUT2D eigenvalue weighted by molar-refractivity contribution is -0.127. The van der Waals surface area contributed by atoms with Crippen LogP contribution in [-0.4, -0.2) is 23.9 Å². The van der Waals surface area contributed by atoms with E-state index in [4.69, 9.17) is 0 Å². The summed E-state index contributed by atoms with van der Waals surface area (Å²) in [5.41, 5.74) is 0.727. The Labute approximate surface area is 140 Å². The highest BCUT2D eigenvalue weighted by Crippen LogP contribution is 2.29. The molecule has 1 aliphatic heterocycles. The molecule has 130 valence electrons. The van der Waals surface area contributed by atoms with Gasteiger partial charge in [-0.3, -0.25) is 14.9 Å². The third kappa shape index (κ3) is 5.04. The predicted molar refractivity (Wildman–Crippen MR) is 86.4 cm³/mol. The first-order valence-corrected chi connectivity index (χ1v) is 7.80. The average molecular weight is 335 g/mol. The van der Waals surface area contributed by atoms with Gasteiger partial charge in [-0.05, 0) is 29.5 Å². The number of urea groups is 1. The van der Waals surface area contributed by atoms with Gasteiger partial charge in [-0.25, -0.2) is 9.18 Å². The van der Waals surface area contributed by atoms with Crippen LogP contribution >= 0.6 is 0 Å². The molecule has 0 radical (unpaired) electrons. The van der Waals surface area contributed by atoms with Crippen molar-refractivity contribution in [3.05, 3.63) is 35.6 Å². The van der Waals surface area contributed by atoms with Gasteiger partial charge in [0.25, 0.3) is 5.91 Å². The van der Waals surface area contributed by atoms with Gasteiger partial charge < -0.3 is 10.6 Å². The zero-order chi connectivity index (χ0) is 17.9. The quantitative estimate of drug-likeness (QED) is 0.720. The van der Waals surface area contributed by atoms with Gasteiger partial charge in [0.1, 0.15) is 11.9 Å². The number of amides is 4. The van der Waals surface area contributed by atoms with Crippen molar-refractivity contribution in [3.63, 3.8) is 0 Å². The Morgan fingerprint density at radius 2 is 1.88 bits per heavy atom. The molecule has 7 heteroatoms. The van der Waals surface area contributed by atoms with Crippen molar-refractivity contribution in [2.45, 2.75) is 45.7 Å². The summed E-state index contributed by atoms with van der Waals surface area (Å²) in [6, 6.07) is 4.21. The molecule has 2 rings (SSSR count). The predicted octanol–water partition coefficient (Wildman–Crippen LogP) is 2.02. The number of benzene rings is 1. The molecule has 0 aliphatic carbocycles. The van der Waals surface area contributed by atoms with Crippen LogP contribution in [0.4, 0.5) is 9.18 Å². The van der Waals surface area contributed by atoms with Crippen molar-refractivity contribution in [2.75, 3.05) is 0 Å². The maximum Gasteiger partial charge on any atom is 0.322 e. The van der Waals surface area contributed by atoms with Crippen LogP contribution in [-0.2, 0) is 9.59 Å². The first kappa shape index (κ1) is 17.9. The monoisotopic (exact) mass is 335 g/mol. The third-order valence-electron chi connectivity index (χ3n) is 3.67. The zero-order valence-electron chi connectivity index (χ0n) is 14.0. The molecule has 0 bridgehead atoms. The summed E-state index contributed by atoms with van der Waals surface area (Å²) in [6.45, 7) is 6.13. The lowest BCUT2D eigenvalue weighted by Crippen LogP contribution is -2.38. The molecule has 1 aromatic rings. The highest BCUT2D eigenvalue weighted by Gasteiger charge is 2.32. The topological polar surface area (TPSA) is 87.3 Å². The van der Waals surface area contributed by atoms with E-state index in [-0.39, 0.29) is 29.6 Å². The molecule has 3 N–H and O–H groups in total. The average Bonchev–Trinajstić information content (AvgIpc) is 2.75. The first-order chi connectivity index (χ1) is 11.1. The summed E-state index contributed by atoms with van der Waals surface area (Å²) in [5, 5.41) is 7.36. The summed E-state index contributed by atoms with van der Waals surface area (Å²) in [5.74, 6) is -1.20. The van der Waals surface area contributed by atoms with Crippen molar-refractivity contribution in [1.29, 1.82) is 0 Å². The summed E-state index contributed by atoms with van der Waals surface area (Å²) in [7, 11) is 0. The minimum Gasteiger partial charge on any atom is -0.349 e. The molecular weight excluding hydrogens is 313 g/mol.